The van der Waals surface area contributed by atoms with Crippen molar-refractivity contribution in [3.05, 3.63) is 23.8 Å². The Kier molecular flexibility index (Phi) is 3.92. The Balaban J connectivity index is 1.80. The largest absolute Gasteiger partial charge is 0.491 e. The summed E-state index contributed by atoms with van der Waals surface area (Å²) in [6.45, 7) is 1.59. The molecule has 1 aromatic rings. The maximum absolute atomic E-state index is 11.9. The van der Waals surface area contributed by atoms with Crippen molar-refractivity contribution >= 4 is 11.6 Å². The van der Waals surface area contributed by atoms with Crippen LogP contribution in [0.1, 0.15) is 31.2 Å². The Hall–Kier alpha value is -1.55. The molecule has 0 saturated carbocycles. The van der Waals surface area contributed by atoms with Gasteiger partial charge in [0.05, 0.1) is 18.7 Å². The zero-order chi connectivity index (χ0) is 13.9. The first-order valence-electron chi connectivity index (χ1n) is 7.50. The molecule has 1 N–H and O–H groups in total. The van der Waals surface area contributed by atoms with E-state index in [2.05, 4.69) is 17.4 Å². The average Bonchev–Trinajstić information content (AvgIpc) is 2.61. The molecule has 108 valence electrons. The minimum atomic E-state index is 0.122. The van der Waals surface area contributed by atoms with Crippen molar-refractivity contribution in [2.24, 2.45) is 0 Å². The highest BCUT2D eigenvalue weighted by atomic mass is 16.5. The Labute approximate surface area is 120 Å². The van der Waals surface area contributed by atoms with Crippen LogP contribution in [0.3, 0.4) is 0 Å². The molecule has 1 aromatic carbocycles. The maximum Gasteiger partial charge on any atom is 0.230 e. The molecular formula is C16H22N2O2. The zero-order valence-electron chi connectivity index (χ0n) is 12.0. The third-order valence-corrected chi connectivity index (χ3v) is 4.23. The second-order valence-electron chi connectivity index (χ2n) is 5.70. The molecule has 1 atom stereocenters. The van der Waals surface area contributed by atoms with E-state index in [0.717, 1.165) is 24.4 Å². The van der Waals surface area contributed by atoms with Crippen LogP contribution in [0.15, 0.2) is 18.2 Å². The molecule has 1 fully saturated rings. The van der Waals surface area contributed by atoms with E-state index in [-0.39, 0.29) is 5.91 Å². The average molecular weight is 274 g/mol. The van der Waals surface area contributed by atoms with E-state index < -0.39 is 0 Å². The highest BCUT2D eigenvalue weighted by Crippen LogP contribution is 2.32. The fourth-order valence-electron chi connectivity index (χ4n) is 3.01. The first-order valence-corrected chi connectivity index (χ1v) is 7.50. The summed E-state index contributed by atoms with van der Waals surface area (Å²) in [4.78, 5) is 13.6. The Bertz CT molecular complexity index is 495. The summed E-state index contributed by atoms with van der Waals surface area (Å²) in [7, 11) is 1.83. The minimum absolute atomic E-state index is 0.122. The summed E-state index contributed by atoms with van der Waals surface area (Å²) in [5.74, 6) is 0.940. The quantitative estimate of drug-likeness (QED) is 0.898. The highest BCUT2D eigenvalue weighted by molar-refractivity contribution is 5.95. The molecule has 1 unspecified atom stereocenters. The van der Waals surface area contributed by atoms with Crippen LogP contribution in [0.4, 0.5) is 5.69 Å². The van der Waals surface area contributed by atoms with Gasteiger partial charge in [0.25, 0.3) is 0 Å². The highest BCUT2D eigenvalue weighted by Gasteiger charge is 2.21. The summed E-state index contributed by atoms with van der Waals surface area (Å²) < 4.78 is 5.66. The predicted molar refractivity (Wildman–Crippen MR) is 79.3 cm³/mol. The Morgan fingerprint density at radius 1 is 1.40 bits per heavy atom. The molecule has 0 bridgehead atoms. The monoisotopic (exact) mass is 274 g/mol. The fourth-order valence-corrected chi connectivity index (χ4v) is 3.01. The topological polar surface area (TPSA) is 41.6 Å². The van der Waals surface area contributed by atoms with Gasteiger partial charge in [-0.25, -0.2) is 0 Å². The lowest BCUT2D eigenvalue weighted by Gasteiger charge is -2.24. The molecule has 0 aliphatic carbocycles. The van der Waals surface area contributed by atoms with Gasteiger partial charge in [0.2, 0.25) is 5.91 Å². The van der Waals surface area contributed by atoms with Gasteiger partial charge in [0.15, 0.2) is 0 Å². The minimum Gasteiger partial charge on any atom is -0.491 e. The number of anilines is 1. The number of piperidine rings is 1. The van der Waals surface area contributed by atoms with Crippen molar-refractivity contribution < 1.29 is 9.53 Å². The van der Waals surface area contributed by atoms with Crippen molar-refractivity contribution in [1.29, 1.82) is 0 Å². The number of rotatable bonds is 2. The number of ether oxygens (including phenoxy) is 1. The molecule has 4 nitrogen and oxygen atoms in total. The van der Waals surface area contributed by atoms with E-state index in [9.17, 15) is 4.79 Å². The van der Waals surface area contributed by atoms with Crippen molar-refractivity contribution in [1.82, 2.24) is 5.32 Å². The van der Waals surface area contributed by atoms with E-state index >= 15 is 0 Å². The summed E-state index contributed by atoms with van der Waals surface area (Å²) >= 11 is 0. The van der Waals surface area contributed by atoms with Crippen LogP contribution in [-0.4, -0.2) is 32.1 Å². The molecule has 1 saturated heterocycles. The Morgan fingerprint density at radius 3 is 3.10 bits per heavy atom. The standard InChI is InChI=1S/C16H22N2O2/c1-18-14-11-12(10-13-4-2-3-8-17-13)5-6-15(14)20-9-7-16(18)19/h5-6,11,13,17H,2-4,7-10H2,1H3. The molecule has 0 radical (unpaired) electrons. The smallest absolute Gasteiger partial charge is 0.230 e. The van der Waals surface area contributed by atoms with Gasteiger partial charge in [-0.3, -0.25) is 4.79 Å². The van der Waals surface area contributed by atoms with E-state index in [1.165, 1.54) is 24.8 Å². The molecule has 4 heteroatoms. The van der Waals surface area contributed by atoms with Crippen LogP contribution in [0, 0.1) is 0 Å². The lowest BCUT2D eigenvalue weighted by atomic mass is 9.97. The van der Waals surface area contributed by atoms with Crippen LogP contribution in [0.25, 0.3) is 0 Å². The lowest BCUT2D eigenvalue weighted by Crippen LogP contribution is -2.35. The van der Waals surface area contributed by atoms with Gasteiger partial charge in [-0.1, -0.05) is 12.5 Å². The van der Waals surface area contributed by atoms with Gasteiger partial charge in [-0.2, -0.15) is 0 Å². The van der Waals surface area contributed by atoms with E-state index in [1.807, 2.05) is 13.1 Å². The number of carbonyl (C=O) groups excluding carboxylic acids is 1. The van der Waals surface area contributed by atoms with Gasteiger partial charge in [-0.15, -0.1) is 0 Å². The second kappa shape index (κ2) is 5.83. The van der Waals surface area contributed by atoms with Crippen LogP contribution in [-0.2, 0) is 11.2 Å². The molecule has 3 rings (SSSR count). The van der Waals surface area contributed by atoms with Crippen molar-refractivity contribution in [2.75, 3.05) is 25.1 Å². The number of carbonyl (C=O) groups is 1. The number of benzene rings is 1. The summed E-state index contributed by atoms with van der Waals surface area (Å²) in [6, 6.07) is 6.80. The van der Waals surface area contributed by atoms with E-state index in [1.54, 1.807) is 4.90 Å². The molecule has 2 heterocycles. The van der Waals surface area contributed by atoms with Crippen molar-refractivity contribution in [3.63, 3.8) is 0 Å². The normalized spacial score (nSPS) is 22.9. The van der Waals surface area contributed by atoms with Crippen LogP contribution in [0.2, 0.25) is 0 Å². The van der Waals surface area contributed by atoms with E-state index in [0.29, 0.717) is 19.1 Å². The molecule has 2 aliphatic heterocycles. The molecule has 0 aromatic heterocycles. The van der Waals surface area contributed by atoms with Crippen LogP contribution in [0.5, 0.6) is 5.75 Å². The molecular weight excluding hydrogens is 252 g/mol. The van der Waals surface area contributed by atoms with Gasteiger partial charge >= 0.3 is 0 Å². The van der Waals surface area contributed by atoms with Crippen molar-refractivity contribution in [2.45, 2.75) is 38.1 Å². The number of amides is 1. The second-order valence-corrected chi connectivity index (χ2v) is 5.70. The van der Waals surface area contributed by atoms with Gasteiger partial charge in [-0.05, 0) is 43.5 Å². The Morgan fingerprint density at radius 2 is 2.30 bits per heavy atom. The van der Waals surface area contributed by atoms with Gasteiger partial charge < -0.3 is 15.0 Å². The van der Waals surface area contributed by atoms with Crippen LogP contribution >= 0.6 is 0 Å². The number of nitrogens with one attached hydrogen (secondary N) is 1. The molecule has 1 amide bonds. The number of hydrogen-bond donors (Lipinski definition) is 1. The third kappa shape index (κ3) is 2.80. The van der Waals surface area contributed by atoms with E-state index in [4.69, 9.17) is 4.74 Å². The number of fused-ring (bicyclic) bond motifs is 1. The predicted octanol–water partition coefficient (Wildman–Crippen LogP) is 2.12. The van der Waals surface area contributed by atoms with Crippen LogP contribution < -0.4 is 15.0 Å². The van der Waals surface area contributed by atoms with Gasteiger partial charge in [0.1, 0.15) is 5.75 Å². The molecule has 0 spiro atoms. The summed E-state index contributed by atoms with van der Waals surface area (Å²) in [5.41, 5.74) is 2.18. The fraction of sp³-hybridized carbons (Fsp3) is 0.562. The SMILES string of the molecule is CN1C(=O)CCOc2ccc(CC3CCCCN3)cc21. The molecule has 20 heavy (non-hydrogen) atoms. The maximum atomic E-state index is 11.9. The lowest BCUT2D eigenvalue weighted by molar-refractivity contribution is -0.118. The first kappa shape index (κ1) is 13.4. The summed E-state index contributed by atoms with van der Waals surface area (Å²) in [6.07, 6.45) is 5.30. The third-order valence-electron chi connectivity index (χ3n) is 4.23. The van der Waals surface area contributed by atoms with Gasteiger partial charge in [0, 0.05) is 13.1 Å². The summed E-state index contributed by atoms with van der Waals surface area (Å²) in [5, 5.41) is 3.57. The van der Waals surface area contributed by atoms with Crippen molar-refractivity contribution in [3.8, 4) is 5.75 Å². The number of hydrogen-bond acceptors (Lipinski definition) is 3. The first-order chi connectivity index (χ1) is 9.74. The zero-order valence-corrected chi connectivity index (χ0v) is 12.0. The number of nitrogens with zero attached hydrogens (tertiary/aromatic N) is 1. The molecule has 2 aliphatic rings.